The molecular formula is C23H29N3O6S. The molecule has 0 saturated heterocycles. The van der Waals surface area contributed by atoms with E-state index in [1.54, 1.807) is 75.4 Å². The number of benzene rings is 2. The summed E-state index contributed by atoms with van der Waals surface area (Å²) in [7, 11) is -3.69. The van der Waals surface area contributed by atoms with E-state index in [4.69, 9.17) is 9.47 Å². The molecule has 0 radical (unpaired) electrons. The number of carbonyl (C=O) groups excluding carboxylic acids is 2. The lowest BCUT2D eigenvalue weighted by molar-refractivity contribution is -0.157. The van der Waals surface area contributed by atoms with Crippen LogP contribution in [0.15, 0.2) is 59.7 Å². The fraction of sp³-hybridized carbons (Fsp3) is 0.348. The standard InChI is InChI=1S/C23H29N3O6S/c1-17(26(33(5,29)30)19-9-7-6-8-10-19)22(28)25-24-15-18-11-13-20(14-12-18)31-16-21(27)32-23(2,3)4/h6-15,17H,16H2,1-5H3,(H,25,28)/b24-15-/t17-/m0/s1. The number of anilines is 1. The first-order valence-electron chi connectivity index (χ1n) is 10.2. The molecular weight excluding hydrogens is 446 g/mol. The molecule has 0 aliphatic rings. The monoisotopic (exact) mass is 475 g/mol. The van der Waals surface area contributed by atoms with E-state index in [1.807, 2.05) is 0 Å². The van der Waals surface area contributed by atoms with Crippen molar-refractivity contribution in [3.05, 3.63) is 60.2 Å². The van der Waals surface area contributed by atoms with E-state index >= 15 is 0 Å². The highest BCUT2D eigenvalue weighted by atomic mass is 32.2. The number of sulfonamides is 1. The van der Waals surface area contributed by atoms with Crippen molar-refractivity contribution in [2.24, 2.45) is 5.10 Å². The number of hydrazone groups is 1. The van der Waals surface area contributed by atoms with Crippen LogP contribution in [0.3, 0.4) is 0 Å². The summed E-state index contributed by atoms with van der Waals surface area (Å²) < 4.78 is 36.1. The average molecular weight is 476 g/mol. The van der Waals surface area contributed by atoms with E-state index in [1.165, 1.54) is 13.1 Å². The Morgan fingerprint density at radius 1 is 1.09 bits per heavy atom. The Bertz CT molecular complexity index is 1080. The molecule has 2 aromatic rings. The number of esters is 1. The van der Waals surface area contributed by atoms with Crippen molar-refractivity contribution in [3.63, 3.8) is 0 Å². The van der Waals surface area contributed by atoms with Crippen molar-refractivity contribution in [3.8, 4) is 5.75 Å². The summed E-state index contributed by atoms with van der Waals surface area (Å²) in [6.45, 7) is 6.60. The molecule has 0 unspecified atom stereocenters. The van der Waals surface area contributed by atoms with E-state index in [2.05, 4.69) is 10.5 Å². The second-order valence-electron chi connectivity index (χ2n) is 8.25. The number of nitrogens with zero attached hydrogens (tertiary/aromatic N) is 2. The van der Waals surface area contributed by atoms with Gasteiger partial charge in [-0.15, -0.1) is 0 Å². The Morgan fingerprint density at radius 3 is 2.24 bits per heavy atom. The van der Waals surface area contributed by atoms with E-state index in [0.29, 0.717) is 17.0 Å². The van der Waals surface area contributed by atoms with Crippen LogP contribution in [-0.4, -0.2) is 51.0 Å². The molecule has 1 atom stereocenters. The Labute approximate surface area is 194 Å². The van der Waals surface area contributed by atoms with Gasteiger partial charge in [0.1, 0.15) is 17.4 Å². The molecule has 1 amide bonds. The SMILES string of the molecule is C[C@@H](C(=O)N/N=C\c1ccc(OCC(=O)OC(C)(C)C)cc1)N(c1ccccc1)S(C)(=O)=O. The number of hydrogen-bond acceptors (Lipinski definition) is 7. The lowest BCUT2D eigenvalue weighted by atomic mass is 10.2. The summed E-state index contributed by atoms with van der Waals surface area (Å²) in [5.41, 5.74) is 2.83. The largest absolute Gasteiger partial charge is 0.482 e. The van der Waals surface area contributed by atoms with Crippen molar-refractivity contribution in [2.75, 3.05) is 17.2 Å². The summed E-state index contributed by atoms with van der Waals surface area (Å²) in [5.74, 6) is -0.580. The lowest BCUT2D eigenvalue weighted by Gasteiger charge is -2.27. The highest BCUT2D eigenvalue weighted by Gasteiger charge is 2.28. The number of nitrogens with one attached hydrogen (secondary N) is 1. The van der Waals surface area contributed by atoms with E-state index in [0.717, 1.165) is 10.6 Å². The number of ether oxygens (including phenoxy) is 2. The summed E-state index contributed by atoms with van der Waals surface area (Å²) >= 11 is 0. The van der Waals surface area contributed by atoms with Gasteiger partial charge in [-0.2, -0.15) is 5.10 Å². The van der Waals surface area contributed by atoms with Crippen molar-refractivity contribution in [1.82, 2.24) is 5.43 Å². The topological polar surface area (TPSA) is 114 Å². The van der Waals surface area contributed by atoms with Gasteiger partial charge in [-0.25, -0.2) is 18.6 Å². The first kappa shape index (κ1) is 25.9. The summed E-state index contributed by atoms with van der Waals surface area (Å²) in [5, 5.41) is 3.90. The van der Waals surface area contributed by atoms with Gasteiger partial charge in [0.15, 0.2) is 6.61 Å². The van der Waals surface area contributed by atoms with Crippen LogP contribution in [0, 0.1) is 0 Å². The molecule has 2 aromatic carbocycles. The van der Waals surface area contributed by atoms with E-state index < -0.39 is 33.5 Å². The van der Waals surface area contributed by atoms with Gasteiger partial charge in [0.2, 0.25) is 10.0 Å². The smallest absolute Gasteiger partial charge is 0.344 e. The normalized spacial score (nSPS) is 12.8. The molecule has 33 heavy (non-hydrogen) atoms. The number of rotatable bonds is 9. The molecule has 9 nitrogen and oxygen atoms in total. The van der Waals surface area contributed by atoms with Crippen LogP contribution >= 0.6 is 0 Å². The fourth-order valence-electron chi connectivity index (χ4n) is 2.81. The summed E-state index contributed by atoms with van der Waals surface area (Å²) in [4.78, 5) is 24.2. The third kappa shape index (κ3) is 8.57. The highest BCUT2D eigenvalue weighted by molar-refractivity contribution is 7.92. The van der Waals surface area contributed by atoms with Crippen LogP contribution in [0.25, 0.3) is 0 Å². The third-order valence-corrected chi connectivity index (χ3v) is 5.39. The van der Waals surface area contributed by atoms with Crippen molar-refractivity contribution in [2.45, 2.75) is 39.3 Å². The highest BCUT2D eigenvalue weighted by Crippen LogP contribution is 2.20. The molecule has 2 rings (SSSR count). The Kier molecular flexibility index (Phi) is 8.58. The van der Waals surface area contributed by atoms with Gasteiger partial charge in [0, 0.05) is 0 Å². The maximum Gasteiger partial charge on any atom is 0.344 e. The Balaban J connectivity index is 1.94. The number of carbonyl (C=O) groups is 2. The van der Waals surface area contributed by atoms with Crippen LogP contribution in [0.1, 0.15) is 33.3 Å². The zero-order chi connectivity index (χ0) is 24.6. The maximum absolute atomic E-state index is 12.5. The predicted octanol–water partition coefficient (Wildman–Crippen LogP) is 2.71. The molecule has 0 heterocycles. The van der Waals surface area contributed by atoms with E-state index in [-0.39, 0.29) is 6.61 Å². The van der Waals surface area contributed by atoms with Gasteiger partial charge in [0.05, 0.1) is 18.2 Å². The fourth-order valence-corrected chi connectivity index (χ4v) is 3.99. The van der Waals surface area contributed by atoms with Crippen molar-refractivity contribution in [1.29, 1.82) is 0 Å². The zero-order valence-electron chi connectivity index (χ0n) is 19.3. The van der Waals surface area contributed by atoms with Crippen LogP contribution in [0.4, 0.5) is 5.69 Å². The third-order valence-electron chi connectivity index (χ3n) is 4.14. The minimum Gasteiger partial charge on any atom is -0.482 e. The van der Waals surface area contributed by atoms with Crippen LogP contribution in [0.5, 0.6) is 5.75 Å². The van der Waals surface area contributed by atoms with Crippen LogP contribution < -0.4 is 14.5 Å². The van der Waals surface area contributed by atoms with E-state index in [9.17, 15) is 18.0 Å². The molecule has 0 spiro atoms. The molecule has 0 aromatic heterocycles. The van der Waals surface area contributed by atoms with Gasteiger partial charge >= 0.3 is 5.97 Å². The maximum atomic E-state index is 12.5. The lowest BCUT2D eigenvalue weighted by Crippen LogP contribution is -2.46. The quantitative estimate of drug-likeness (QED) is 0.339. The number of amides is 1. The second kappa shape index (κ2) is 11.0. The molecule has 1 N–H and O–H groups in total. The molecule has 0 fully saturated rings. The van der Waals surface area contributed by atoms with Gasteiger partial charge in [0.25, 0.3) is 5.91 Å². The average Bonchev–Trinajstić information content (AvgIpc) is 2.71. The summed E-state index contributed by atoms with van der Waals surface area (Å²) in [6, 6.07) is 14.0. The van der Waals surface area contributed by atoms with Gasteiger partial charge in [-0.1, -0.05) is 18.2 Å². The predicted molar refractivity (Wildman–Crippen MR) is 127 cm³/mol. The van der Waals surface area contributed by atoms with Crippen LogP contribution in [-0.2, 0) is 24.3 Å². The first-order chi connectivity index (χ1) is 15.4. The molecule has 10 heteroatoms. The van der Waals surface area contributed by atoms with Crippen molar-refractivity contribution >= 4 is 33.8 Å². The molecule has 178 valence electrons. The molecule has 0 aliphatic heterocycles. The van der Waals surface area contributed by atoms with Gasteiger partial charge < -0.3 is 9.47 Å². The van der Waals surface area contributed by atoms with Crippen molar-refractivity contribution < 1.29 is 27.5 Å². The Hall–Kier alpha value is -3.40. The molecule has 0 aliphatic carbocycles. The summed E-state index contributed by atoms with van der Waals surface area (Å²) in [6.07, 6.45) is 2.45. The molecule has 0 bridgehead atoms. The van der Waals surface area contributed by atoms with Gasteiger partial charge in [-0.05, 0) is 69.7 Å². The zero-order valence-corrected chi connectivity index (χ0v) is 20.1. The second-order valence-corrected chi connectivity index (χ2v) is 10.1. The number of para-hydroxylation sites is 1. The minimum absolute atomic E-state index is 0.211. The molecule has 0 saturated carbocycles. The number of hydrogen-bond donors (Lipinski definition) is 1. The van der Waals surface area contributed by atoms with Gasteiger partial charge in [-0.3, -0.25) is 9.10 Å². The first-order valence-corrected chi connectivity index (χ1v) is 12.0. The minimum atomic E-state index is -3.69. The van der Waals surface area contributed by atoms with Crippen LogP contribution in [0.2, 0.25) is 0 Å². The Morgan fingerprint density at radius 2 is 1.70 bits per heavy atom.